The molecule has 0 aliphatic carbocycles. The number of carbonyl (C=O) groups is 1. The standard InChI is InChI=1S/C10H17N3O2/c1-3-13-7-5-11-9(13)8-12(2)6-4-10(14)15/h5,7H,3-4,6,8H2,1-2H3,(H,14,15). The van der Waals surface area contributed by atoms with Crippen molar-refractivity contribution in [2.45, 2.75) is 26.4 Å². The van der Waals surface area contributed by atoms with Crippen molar-refractivity contribution >= 4 is 5.97 Å². The summed E-state index contributed by atoms with van der Waals surface area (Å²) in [7, 11) is 1.90. The number of aliphatic carboxylic acids is 1. The third-order valence-corrected chi connectivity index (χ3v) is 2.26. The van der Waals surface area contributed by atoms with E-state index in [1.807, 2.05) is 18.1 Å². The first-order valence-electron chi connectivity index (χ1n) is 5.03. The lowest BCUT2D eigenvalue weighted by molar-refractivity contribution is -0.137. The summed E-state index contributed by atoms with van der Waals surface area (Å²) >= 11 is 0. The van der Waals surface area contributed by atoms with Gasteiger partial charge in [-0.25, -0.2) is 4.98 Å². The molecule has 5 nitrogen and oxygen atoms in total. The van der Waals surface area contributed by atoms with Gasteiger partial charge < -0.3 is 9.67 Å². The van der Waals surface area contributed by atoms with Crippen molar-refractivity contribution in [2.24, 2.45) is 0 Å². The second-order valence-electron chi connectivity index (χ2n) is 3.51. The molecule has 0 amide bonds. The van der Waals surface area contributed by atoms with E-state index < -0.39 is 5.97 Å². The Kier molecular flexibility index (Phi) is 4.30. The Labute approximate surface area is 89.3 Å². The molecule has 1 aromatic heterocycles. The topological polar surface area (TPSA) is 58.4 Å². The van der Waals surface area contributed by atoms with Gasteiger partial charge in [0.2, 0.25) is 0 Å². The van der Waals surface area contributed by atoms with Crippen LogP contribution >= 0.6 is 0 Å². The van der Waals surface area contributed by atoms with Gasteiger partial charge in [-0.1, -0.05) is 0 Å². The molecule has 5 heteroatoms. The van der Waals surface area contributed by atoms with Crippen molar-refractivity contribution in [3.63, 3.8) is 0 Å². The van der Waals surface area contributed by atoms with E-state index in [0.29, 0.717) is 13.1 Å². The largest absolute Gasteiger partial charge is 0.481 e. The van der Waals surface area contributed by atoms with Crippen LogP contribution in [-0.4, -0.2) is 39.1 Å². The van der Waals surface area contributed by atoms with Gasteiger partial charge in [0.1, 0.15) is 5.82 Å². The second-order valence-corrected chi connectivity index (χ2v) is 3.51. The Morgan fingerprint density at radius 1 is 1.67 bits per heavy atom. The van der Waals surface area contributed by atoms with Gasteiger partial charge in [-0.2, -0.15) is 0 Å². The lowest BCUT2D eigenvalue weighted by Crippen LogP contribution is -2.23. The first-order valence-corrected chi connectivity index (χ1v) is 5.03. The van der Waals surface area contributed by atoms with Crippen LogP contribution in [0.2, 0.25) is 0 Å². The molecule has 0 saturated heterocycles. The molecule has 1 heterocycles. The molecule has 1 N–H and O–H groups in total. The molecule has 0 atom stereocenters. The van der Waals surface area contributed by atoms with Crippen LogP contribution in [0.3, 0.4) is 0 Å². The normalized spacial score (nSPS) is 10.9. The average Bonchev–Trinajstić information content (AvgIpc) is 2.62. The van der Waals surface area contributed by atoms with Crippen LogP contribution in [0.15, 0.2) is 12.4 Å². The molecule has 0 unspecified atom stereocenters. The highest BCUT2D eigenvalue weighted by Crippen LogP contribution is 2.01. The quantitative estimate of drug-likeness (QED) is 0.756. The maximum atomic E-state index is 10.4. The van der Waals surface area contributed by atoms with Crippen LogP contribution < -0.4 is 0 Å². The average molecular weight is 211 g/mol. The summed E-state index contributed by atoms with van der Waals surface area (Å²) in [4.78, 5) is 16.6. The van der Waals surface area contributed by atoms with Crippen LogP contribution in [0, 0.1) is 0 Å². The number of aryl methyl sites for hydroxylation is 1. The van der Waals surface area contributed by atoms with Gasteiger partial charge in [-0.3, -0.25) is 9.69 Å². The highest BCUT2D eigenvalue weighted by molar-refractivity contribution is 5.66. The van der Waals surface area contributed by atoms with Crippen molar-refractivity contribution in [3.05, 3.63) is 18.2 Å². The zero-order valence-corrected chi connectivity index (χ0v) is 9.18. The van der Waals surface area contributed by atoms with Crippen molar-refractivity contribution in [1.82, 2.24) is 14.5 Å². The zero-order valence-electron chi connectivity index (χ0n) is 9.18. The van der Waals surface area contributed by atoms with Crippen molar-refractivity contribution in [3.8, 4) is 0 Å². The van der Waals surface area contributed by atoms with Gasteiger partial charge in [0.25, 0.3) is 0 Å². The van der Waals surface area contributed by atoms with Crippen LogP contribution in [0.4, 0.5) is 0 Å². The molecule has 0 aliphatic rings. The summed E-state index contributed by atoms with van der Waals surface area (Å²) in [6.45, 7) is 4.19. The van der Waals surface area contributed by atoms with E-state index in [9.17, 15) is 4.79 Å². The molecule has 0 fully saturated rings. The number of carboxylic acids is 1. The molecule has 0 saturated carbocycles. The number of carboxylic acid groups (broad SMARTS) is 1. The number of hydrogen-bond donors (Lipinski definition) is 1. The Bertz CT molecular complexity index is 322. The minimum absolute atomic E-state index is 0.170. The number of aromatic nitrogens is 2. The van der Waals surface area contributed by atoms with E-state index in [-0.39, 0.29) is 6.42 Å². The number of rotatable bonds is 6. The molecule has 15 heavy (non-hydrogen) atoms. The van der Waals surface area contributed by atoms with Crippen LogP contribution in [-0.2, 0) is 17.9 Å². The Balaban J connectivity index is 2.43. The smallest absolute Gasteiger partial charge is 0.304 e. The summed E-state index contributed by atoms with van der Waals surface area (Å²) in [5.74, 6) is 0.214. The van der Waals surface area contributed by atoms with E-state index in [0.717, 1.165) is 12.4 Å². The second kappa shape index (κ2) is 5.50. The molecular formula is C10H17N3O2. The third kappa shape index (κ3) is 3.71. The van der Waals surface area contributed by atoms with E-state index in [1.54, 1.807) is 6.20 Å². The number of hydrogen-bond acceptors (Lipinski definition) is 3. The summed E-state index contributed by atoms with van der Waals surface area (Å²) in [6, 6.07) is 0. The molecule has 0 spiro atoms. The Morgan fingerprint density at radius 2 is 2.40 bits per heavy atom. The van der Waals surface area contributed by atoms with Gasteiger partial charge in [0.15, 0.2) is 0 Å². The molecular weight excluding hydrogens is 194 g/mol. The molecule has 0 aliphatic heterocycles. The van der Waals surface area contributed by atoms with Crippen molar-refractivity contribution in [1.29, 1.82) is 0 Å². The maximum absolute atomic E-state index is 10.4. The highest BCUT2D eigenvalue weighted by Gasteiger charge is 2.06. The molecule has 1 aromatic rings. The van der Waals surface area contributed by atoms with Crippen LogP contribution in [0.25, 0.3) is 0 Å². The van der Waals surface area contributed by atoms with Gasteiger partial charge in [-0.15, -0.1) is 0 Å². The summed E-state index contributed by atoms with van der Waals surface area (Å²) in [6.07, 6.45) is 3.87. The van der Waals surface area contributed by atoms with Crippen molar-refractivity contribution < 1.29 is 9.90 Å². The molecule has 1 rings (SSSR count). The highest BCUT2D eigenvalue weighted by atomic mass is 16.4. The Hall–Kier alpha value is -1.36. The third-order valence-electron chi connectivity index (χ3n) is 2.26. The SMILES string of the molecule is CCn1ccnc1CN(C)CCC(=O)O. The van der Waals surface area contributed by atoms with Gasteiger partial charge in [-0.05, 0) is 14.0 Å². The molecule has 0 aromatic carbocycles. The first kappa shape index (κ1) is 11.7. The zero-order chi connectivity index (χ0) is 11.3. The summed E-state index contributed by atoms with van der Waals surface area (Å²) < 4.78 is 2.05. The van der Waals surface area contributed by atoms with Crippen molar-refractivity contribution in [2.75, 3.05) is 13.6 Å². The minimum Gasteiger partial charge on any atom is -0.481 e. The molecule has 0 bridgehead atoms. The van der Waals surface area contributed by atoms with Gasteiger partial charge in [0, 0.05) is 25.5 Å². The monoisotopic (exact) mass is 211 g/mol. The van der Waals surface area contributed by atoms with E-state index >= 15 is 0 Å². The summed E-state index contributed by atoms with van der Waals surface area (Å²) in [5.41, 5.74) is 0. The fraction of sp³-hybridized carbons (Fsp3) is 0.600. The van der Waals surface area contributed by atoms with Gasteiger partial charge in [0.05, 0.1) is 13.0 Å². The predicted molar refractivity (Wildman–Crippen MR) is 56.5 cm³/mol. The maximum Gasteiger partial charge on any atom is 0.304 e. The van der Waals surface area contributed by atoms with Crippen LogP contribution in [0.1, 0.15) is 19.2 Å². The molecule has 0 radical (unpaired) electrons. The van der Waals surface area contributed by atoms with Gasteiger partial charge >= 0.3 is 5.97 Å². The van der Waals surface area contributed by atoms with E-state index in [4.69, 9.17) is 5.11 Å². The number of imidazole rings is 1. The predicted octanol–water partition coefficient (Wildman–Crippen LogP) is 0.809. The fourth-order valence-corrected chi connectivity index (χ4v) is 1.39. The number of nitrogens with zero attached hydrogens (tertiary/aromatic N) is 3. The Morgan fingerprint density at radius 3 is 3.00 bits per heavy atom. The lowest BCUT2D eigenvalue weighted by Gasteiger charge is -2.15. The lowest BCUT2D eigenvalue weighted by atomic mass is 10.4. The summed E-state index contributed by atoms with van der Waals surface area (Å²) in [5, 5.41) is 8.54. The van der Waals surface area contributed by atoms with Crippen LogP contribution in [0.5, 0.6) is 0 Å². The van der Waals surface area contributed by atoms with E-state index in [2.05, 4.69) is 16.5 Å². The first-order chi connectivity index (χ1) is 7.13. The fourth-order valence-electron chi connectivity index (χ4n) is 1.39. The molecule has 84 valence electrons. The van der Waals surface area contributed by atoms with E-state index in [1.165, 1.54) is 0 Å². The minimum atomic E-state index is -0.763.